The summed E-state index contributed by atoms with van der Waals surface area (Å²) >= 11 is 0. The lowest BCUT2D eigenvalue weighted by atomic mass is 10.2. The highest BCUT2D eigenvalue weighted by molar-refractivity contribution is 5.31. The van der Waals surface area contributed by atoms with Crippen molar-refractivity contribution in [2.24, 2.45) is 7.05 Å². The molecule has 0 amide bonds. The number of ether oxygens (including phenoxy) is 1. The molecule has 0 fully saturated rings. The van der Waals surface area contributed by atoms with E-state index in [0.717, 1.165) is 23.7 Å². The minimum Gasteiger partial charge on any atom is -0.488 e. The largest absolute Gasteiger partial charge is 0.488 e. The second-order valence-electron chi connectivity index (χ2n) is 4.62. The molecule has 1 heterocycles. The number of nitrogens with zero attached hydrogens (tertiary/aromatic N) is 2. The van der Waals surface area contributed by atoms with Crippen molar-refractivity contribution in [2.75, 3.05) is 13.2 Å². The van der Waals surface area contributed by atoms with Crippen LogP contribution in [0.1, 0.15) is 38.1 Å². The van der Waals surface area contributed by atoms with Gasteiger partial charge in [-0.3, -0.25) is 4.68 Å². The summed E-state index contributed by atoms with van der Waals surface area (Å²) in [6.45, 7) is 10.0. The first-order valence-electron chi connectivity index (χ1n) is 6.42. The molecule has 0 spiro atoms. The van der Waals surface area contributed by atoms with Gasteiger partial charge in [0.25, 0.3) is 0 Å². The molecular formula is C13H25N3O. The van der Waals surface area contributed by atoms with Gasteiger partial charge in [0.15, 0.2) is 5.75 Å². The summed E-state index contributed by atoms with van der Waals surface area (Å²) in [6, 6.07) is 0.569. The van der Waals surface area contributed by atoms with Crippen molar-refractivity contribution in [2.45, 2.75) is 46.6 Å². The molecule has 17 heavy (non-hydrogen) atoms. The van der Waals surface area contributed by atoms with Crippen molar-refractivity contribution in [1.29, 1.82) is 0 Å². The molecular weight excluding hydrogens is 214 g/mol. The van der Waals surface area contributed by atoms with E-state index in [1.54, 1.807) is 0 Å². The number of hydrogen-bond donors (Lipinski definition) is 1. The number of rotatable bonds is 7. The summed E-state index contributed by atoms with van der Waals surface area (Å²) < 4.78 is 7.63. The molecule has 1 unspecified atom stereocenters. The molecule has 0 saturated heterocycles. The van der Waals surface area contributed by atoms with Gasteiger partial charge in [0.05, 0.1) is 5.69 Å². The molecule has 1 rings (SSSR count). The van der Waals surface area contributed by atoms with Crippen molar-refractivity contribution < 1.29 is 4.74 Å². The standard InChI is InChI=1S/C13H25N3O/c1-6-7-10(2)14-8-9-17-13-11(3)15-16(5)12(13)4/h10,14H,6-9H2,1-5H3. The molecule has 0 radical (unpaired) electrons. The molecule has 4 heteroatoms. The van der Waals surface area contributed by atoms with Crippen LogP contribution in [0.5, 0.6) is 5.75 Å². The Bertz CT molecular complexity index is 347. The minimum atomic E-state index is 0.569. The van der Waals surface area contributed by atoms with E-state index < -0.39 is 0 Å². The van der Waals surface area contributed by atoms with Crippen LogP contribution in [0.2, 0.25) is 0 Å². The fourth-order valence-corrected chi connectivity index (χ4v) is 1.96. The predicted octanol–water partition coefficient (Wildman–Crippen LogP) is 2.19. The Hall–Kier alpha value is -1.03. The molecule has 0 saturated carbocycles. The fourth-order valence-electron chi connectivity index (χ4n) is 1.96. The average Bonchev–Trinajstić information content (AvgIpc) is 2.50. The third-order valence-electron chi connectivity index (χ3n) is 3.01. The molecule has 0 aliphatic heterocycles. The Morgan fingerprint density at radius 2 is 2.12 bits per heavy atom. The maximum atomic E-state index is 5.77. The van der Waals surface area contributed by atoms with Crippen LogP contribution in [0.3, 0.4) is 0 Å². The maximum absolute atomic E-state index is 5.77. The minimum absolute atomic E-state index is 0.569. The van der Waals surface area contributed by atoms with Gasteiger partial charge < -0.3 is 10.1 Å². The van der Waals surface area contributed by atoms with Gasteiger partial charge in [0, 0.05) is 19.6 Å². The molecule has 0 aliphatic rings. The third-order valence-corrected chi connectivity index (χ3v) is 3.01. The van der Waals surface area contributed by atoms with E-state index in [0.29, 0.717) is 12.6 Å². The SMILES string of the molecule is CCCC(C)NCCOc1c(C)nn(C)c1C. The summed E-state index contributed by atoms with van der Waals surface area (Å²) in [5, 5.41) is 7.77. The third kappa shape index (κ3) is 4.04. The lowest BCUT2D eigenvalue weighted by Crippen LogP contribution is -2.30. The smallest absolute Gasteiger partial charge is 0.163 e. The lowest BCUT2D eigenvalue weighted by Gasteiger charge is -2.13. The molecule has 0 aromatic carbocycles. The second kappa shape index (κ2) is 6.64. The summed E-state index contributed by atoms with van der Waals surface area (Å²) in [5.74, 6) is 0.928. The summed E-state index contributed by atoms with van der Waals surface area (Å²) in [4.78, 5) is 0. The van der Waals surface area contributed by atoms with Gasteiger partial charge in [-0.1, -0.05) is 13.3 Å². The van der Waals surface area contributed by atoms with Crippen LogP contribution < -0.4 is 10.1 Å². The van der Waals surface area contributed by atoms with Gasteiger partial charge in [-0.15, -0.1) is 0 Å². The first-order valence-corrected chi connectivity index (χ1v) is 6.42. The van der Waals surface area contributed by atoms with E-state index in [-0.39, 0.29) is 0 Å². The number of nitrogens with one attached hydrogen (secondary N) is 1. The Morgan fingerprint density at radius 3 is 2.65 bits per heavy atom. The van der Waals surface area contributed by atoms with Gasteiger partial charge in [0.2, 0.25) is 0 Å². The highest BCUT2D eigenvalue weighted by atomic mass is 16.5. The van der Waals surface area contributed by atoms with Crippen LogP contribution in [0.25, 0.3) is 0 Å². The normalized spacial score (nSPS) is 12.8. The number of hydrogen-bond acceptors (Lipinski definition) is 3. The van der Waals surface area contributed by atoms with Gasteiger partial charge in [0.1, 0.15) is 12.3 Å². The van der Waals surface area contributed by atoms with Gasteiger partial charge in [-0.2, -0.15) is 5.10 Å². The van der Waals surface area contributed by atoms with Crippen molar-refractivity contribution in [3.05, 3.63) is 11.4 Å². The van der Waals surface area contributed by atoms with Crippen LogP contribution in [0.15, 0.2) is 0 Å². The van der Waals surface area contributed by atoms with Gasteiger partial charge >= 0.3 is 0 Å². The van der Waals surface area contributed by atoms with E-state index in [4.69, 9.17) is 4.74 Å². The van der Waals surface area contributed by atoms with Crippen molar-refractivity contribution >= 4 is 0 Å². The first kappa shape index (κ1) is 14.0. The molecule has 0 aliphatic carbocycles. The quantitative estimate of drug-likeness (QED) is 0.741. The molecule has 1 atom stereocenters. The summed E-state index contributed by atoms with van der Waals surface area (Å²) in [6.07, 6.45) is 2.43. The zero-order valence-corrected chi connectivity index (χ0v) is 11.7. The summed E-state index contributed by atoms with van der Waals surface area (Å²) in [7, 11) is 1.94. The van der Waals surface area contributed by atoms with Gasteiger partial charge in [-0.25, -0.2) is 0 Å². The molecule has 0 bridgehead atoms. The van der Waals surface area contributed by atoms with Crippen LogP contribution in [-0.4, -0.2) is 29.0 Å². The van der Waals surface area contributed by atoms with E-state index >= 15 is 0 Å². The monoisotopic (exact) mass is 239 g/mol. The average molecular weight is 239 g/mol. The summed E-state index contributed by atoms with van der Waals surface area (Å²) in [5.41, 5.74) is 2.05. The Morgan fingerprint density at radius 1 is 1.41 bits per heavy atom. The highest BCUT2D eigenvalue weighted by Gasteiger charge is 2.10. The van der Waals surface area contributed by atoms with Crippen LogP contribution in [0, 0.1) is 13.8 Å². The second-order valence-corrected chi connectivity index (χ2v) is 4.62. The van der Waals surface area contributed by atoms with E-state index in [1.165, 1.54) is 12.8 Å². The number of aryl methyl sites for hydroxylation is 2. The van der Waals surface area contributed by atoms with Crippen molar-refractivity contribution in [1.82, 2.24) is 15.1 Å². The predicted molar refractivity (Wildman–Crippen MR) is 70.5 cm³/mol. The Labute approximate surface area is 104 Å². The van der Waals surface area contributed by atoms with E-state index in [1.807, 2.05) is 25.6 Å². The maximum Gasteiger partial charge on any atom is 0.163 e. The van der Waals surface area contributed by atoms with Gasteiger partial charge in [-0.05, 0) is 27.2 Å². The first-order chi connectivity index (χ1) is 8.06. The molecule has 98 valence electrons. The van der Waals surface area contributed by atoms with Crippen molar-refractivity contribution in [3.8, 4) is 5.75 Å². The van der Waals surface area contributed by atoms with Crippen LogP contribution >= 0.6 is 0 Å². The molecule has 4 nitrogen and oxygen atoms in total. The number of aromatic nitrogens is 2. The zero-order chi connectivity index (χ0) is 12.8. The zero-order valence-electron chi connectivity index (χ0n) is 11.7. The van der Waals surface area contributed by atoms with Crippen LogP contribution in [0.4, 0.5) is 0 Å². The fraction of sp³-hybridized carbons (Fsp3) is 0.769. The topological polar surface area (TPSA) is 39.1 Å². The van der Waals surface area contributed by atoms with Crippen molar-refractivity contribution in [3.63, 3.8) is 0 Å². The van der Waals surface area contributed by atoms with E-state index in [2.05, 4.69) is 24.3 Å². The molecule has 1 aromatic heterocycles. The molecule has 1 N–H and O–H groups in total. The van der Waals surface area contributed by atoms with Crippen LogP contribution in [-0.2, 0) is 7.05 Å². The van der Waals surface area contributed by atoms with E-state index in [9.17, 15) is 0 Å². The molecule has 1 aromatic rings. The highest BCUT2D eigenvalue weighted by Crippen LogP contribution is 2.20. The lowest BCUT2D eigenvalue weighted by molar-refractivity contribution is 0.301. The Balaban J connectivity index is 2.31. The Kier molecular flexibility index (Phi) is 5.48.